The quantitative estimate of drug-likeness (QED) is 0.625. The molecule has 1 aliphatic heterocycles. The van der Waals surface area contributed by atoms with Gasteiger partial charge in [-0.3, -0.25) is 4.72 Å². The summed E-state index contributed by atoms with van der Waals surface area (Å²) in [6.07, 6.45) is -0.340. The second kappa shape index (κ2) is 9.58. The summed E-state index contributed by atoms with van der Waals surface area (Å²) in [5.74, 6) is 0.602. The molecule has 1 N–H and O–H groups in total. The Labute approximate surface area is 197 Å². The molecule has 32 heavy (non-hydrogen) atoms. The van der Waals surface area contributed by atoms with Gasteiger partial charge in [-0.2, -0.15) is 0 Å². The molecule has 8 nitrogen and oxygen atoms in total. The summed E-state index contributed by atoms with van der Waals surface area (Å²) < 4.78 is 39.8. The van der Waals surface area contributed by atoms with Crippen LogP contribution >= 0.6 is 15.9 Å². The molecule has 1 saturated heterocycles. The van der Waals surface area contributed by atoms with E-state index < -0.39 is 15.6 Å². The maximum Gasteiger partial charge on any atom is 0.410 e. The molecule has 0 saturated carbocycles. The predicted molar refractivity (Wildman–Crippen MR) is 128 cm³/mol. The van der Waals surface area contributed by atoms with Crippen molar-refractivity contribution in [1.82, 2.24) is 4.90 Å². The molecule has 2 aromatic rings. The lowest BCUT2D eigenvalue weighted by Crippen LogP contribution is -2.50. The van der Waals surface area contributed by atoms with Crippen LogP contribution in [-0.2, 0) is 14.8 Å². The highest BCUT2D eigenvalue weighted by molar-refractivity contribution is 9.10. The number of methoxy groups -OCH3 is 1. The van der Waals surface area contributed by atoms with Crippen LogP contribution in [0.25, 0.3) is 0 Å². The Morgan fingerprint density at radius 2 is 1.66 bits per heavy atom. The third-order valence-electron chi connectivity index (χ3n) is 4.84. The number of anilines is 2. The molecule has 0 unspecified atom stereocenters. The first kappa shape index (κ1) is 24.2. The molecule has 2 aromatic carbocycles. The largest absolute Gasteiger partial charge is 0.495 e. The lowest BCUT2D eigenvalue weighted by atomic mass is 10.2. The fourth-order valence-corrected chi connectivity index (χ4v) is 5.23. The molecular formula is C22H28BrN3O5S. The Kier molecular flexibility index (Phi) is 7.24. The van der Waals surface area contributed by atoms with Gasteiger partial charge in [0.15, 0.2) is 0 Å². The van der Waals surface area contributed by atoms with Gasteiger partial charge in [0.25, 0.3) is 10.0 Å². The fraction of sp³-hybridized carbons (Fsp3) is 0.409. The summed E-state index contributed by atoms with van der Waals surface area (Å²) in [5.41, 5.74) is 0.578. The number of piperazine rings is 1. The molecule has 3 rings (SSSR count). The number of carbonyl (C=O) groups is 1. The van der Waals surface area contributed by atoms with Crippen LogP contribution in [0.2, 0.25) is 0 Å². The highest BCUT2D eigenvalue weighted by atomic mass is 79.9. The first-order valence-corrected chi connectivity index (χ1v) is 12.5. The van der Waals surface area contributed by atoms with Gasteiger partial charge in [0.1, 0.15) is 11.4 Å². The predicted octanol–water partition coefficient (Wildman–Crippen LogP) is 4.32. The number of sulfonamides is 1. The third-order valence-corrected chi connectivity index (χ3v) is 7.03. The molecule has 1 fully saturated rings. The summed E-state index contributed by atoms with van der Waals surface area (Å²) >= 11 is 3.56. The van der Waals surface area contributed by atoms with Crippen molar-refractivity contribution in [2.24, 2.45) is 0 Å². The average molecular weight is 526 g/mol. The van der Waals surface area contributed by atoms with Gasteiger partial charge in [-0.05, 0) is 61.0 Å². The maximum absolute atomic E-state index is 12.8. The molecule has 1 heterocycles. The van der Waals surface area contributed by atoms with E-state index in [1.54, 1.807) is 42.3 Å². The average Bonchev–Trinajstić information content (AvgIpc) is 2.74. The fourth-order valence-electron chi connectivity index (χ4n) is 3.33. The zero-order valence-corrected chi connectivity index (χ0v) is 21.0. The standard InChI is InChI=1S/C22H28BrN3O5S/c1-22(2,3)31-21(27)26-14-12-25(13-15-26)20-18(30-4)11-10-17(19(20)23)24-32(28,29)16-8-6-5-7-9-16/h5-11,24H,12-15H2,1-4H3. The van der Waals surface area contributed by atoms with Gasteiger partial charge in [0.05, 0.1) is 27.9 Å². The van der Waals surface area contributed by atoms with E-state index in [9.17, 15) is 13.2 Å². The van der Waals surface area contributed by atoms with Crippen molar-refractivity contribution in [3.8, 4) is 5.75 Å². The molecule has 0 radical (unpaired) electrons. The van der Waals surface area contributed by atoms with E-state index in [0.717, 1.165) is 5.69 Å². The number of rotatable bonds is 5. The van der Waals surface area contributed by atoms with Crippen molar-refractivity contribution in [2.75, 3.05) is 42.9 Å². The number of ether oxygens (including phenoxy) is 2. The van der Waals surface area contributed by atoms with Gasteiger partial charge in [-0.15, -0.1) is 0 Å². The number of amides is 1. The number of hydrogen-bond donors (Lipinski definition) is 1. The molecule has 1 aliphatic rings. The molecule has 174 valence electrons. The minimum Gasteiger partial charge on any atom is -0.495 e. The van der Waals surface area contributed by atoms with E-state index in [1.165, 1.54) is 12.1 Å². The van der Waals surface area contributed by atoms with E-state index in [0.29, 0.717) is 42.1 Å². The van der Waals surface area contributed by atoms with E-state index in [4.69, 9.17) is 9.47 Å². The van der Waals surface area contributed by atoms with Crippen molar-refractivity contribution < 1.29 is 22.7 Å². The lowest BCUT2D eigenvalue weighted by molar-refractivity contribution is 0.0240. The van der Waals surface area contributed by atoms with E-state index in [1.807, 2.05) is 20.8 Å². The minimum absolute atomic E-state index is 0.176. The maximum atomic E-state index is 12.8. The molecule has 1 amide bonds. The van der Waals surface area contributed by atoms with Crippen molar-refractivity contribution in [3.05, 3.63) is 46.9 Å². The van der Waals surface area contributed by atoms with Crippen LogP contribution in [-0.4, -0.2) is 58.3 Å². The summed E-state index contributed by atoms with van der Waals surface area (Å²) in [6, 6.07) is 11.6. The second-order valence-corrected chi connectivity index (χ2v) is 10.8. The summed E-state index contributed by atoms with van der Waals surface area (Å²) in [7, 11) is -2.18. The Hall–Kier alpha value is -2.46. The van der Waals surface area contributed by atoms with Crippen LogP contribution in [0.3, 0.4) is 0 Å². The Morgan fingerprint density at radius 1 is 1.03 bits per heavy atom. The topological polar surface area (TPSA) is 88.2 Å². The van der Waals surface area contributed by atoms with E-state index >= 15 is 0 Å². The number of benzene rings is 2. The van der Waals surface area contributed by atoms with Gasteiger partial charge >= 0.3 is 6.09 Å². The Morgan fingerprint density at radius 3 is 2.22 bits per heavy atom. The Balaban J connectivity index is 1.81. The van der Waals surface area contributed by atoms with E-state index in [-0.39, 0.29) is 11.0 Å². The van der Waals surface area contributed by atoms with Gasteiger partial charge in [0.2, 0.25) is 0 Å². The summed E-state index contributed by atoms with van der Waals surface area (Å²) in [4.78, 5) is 16.3. The van der Waals surface area contributed by atoms with Gasteiger partial charge in [-0.25, -0.2) is 13.2 Å². The molecule has 0 atom stereocenters. The smallest absolute Gasteiger partial charge is 0.410 e. The van der Waals surface area contributed by atoms with Gasteiger partial charge in [0, 0.05) is 26.2 Å². The van der Waals surface area contributed by atoms with E-state index in [2.05, 4.69) is 25.6 Å². The van der Waals surface area contributed by atoms with Crippen molar-refractivity contribution in [1.29, 1.82) is 0 Å². The molecule has 0 spiro atoms. The first-order valence-electron chi connectivity index (χ1n) is 10.2. The number of carbonyl (C=O) groups excluding carboxylic acids is 1. The number of halogens is 1. The van der Waals surface area contributed by atoms with Crippen LogP contribution in [0.15, 0.2) is 51.8 Å². The number of nitrogens with zero attached hydrogens (tertiary/aromatic N) is 2. The van der Waals surface area contributed by atoms with Crippen LogP contribution in [0.1, 0.15) is 20.8 Å². The van der Waals surface area contributed by atoms with Crippen LogP contribution in [0, 0.1) is 0 Å². The third kappa shape index (κ3) is 5.66. The van der Waals surface area contributed by atoms with Crippen LogP contribution in [0.5, 0.6) is 5.75 Å². The normalized spacial score (nSPS) is 14.8. The zero-order valence-electron chi connectivity index (χ0n) is 18.6. The van der Waals surface area contributed by atoms with Crippen LogP contribution < -0.4 is 14.4 Å². The monoisotopic (exact) mass is 525 g/mol. The number of hydrogen-bond acceptors (Lipinski definition) is 6. The highest BCUT2D eigenvalue weighted by Crippen LogP contribution is 2.42. The molecule has 0 aromatic heterocycles. The molecule has 0 aliphatic carbocycles. The van der Waals surface area contributed by atoms with Crippen molar-refractivity contribution in [3.63, 3.8) is 0 Å². The number of nitrogens with one attached hydrogen (secondary N) is 1. The summed E-state index contributed by atoms with van der Waals surface area (Å²) in [5, 5.41) is 0. The van der Waals surface area contributed by atoms with Gasteiger partial charge < -0.3 is 19.3 Å². The second-order valence-electron chi connectivity index (χ2n) is 8.35. The zero-order chi connectivity index (χ0) is 23.5. The first-order chi connectivity index (χ1) is 15.0. The van der Waals surface area contributed by atoms with Crippen LogP contribution in [0.4, 0.5) is 16.2 Å². The molecular weight excluding hydrogens is 498 g/mol. The summed E-state index contributed by atoms with van der Waals surface area (Å²) in [6.45, 7) is 7.56. The van der Waals surface area contributed by atoms with Gasteiger partial charge in [-0.1, -0.05) is 18.2 Å². The van der Waals surface area contributed by atoms with Crippen molar-refractivity contribution >= 4 is 43.4 Å². The highest BCUT2D eigenvalue weighted by Gasteiger charge is 2.29. The lowest BCUT2D eigenvalue weighted by Gasteiger charge is -2.37. The van der Waals surface area contributed by atoms with Crippen molar-refractivity contribution in [2.45, 2.75) is 31.3 Å². The minimum atomic E-state index is -3.75. The molecule has 10 heteroatoms. The SMILES string of the molecule is COc1ccc(NS(=O)(=O)c2ccccc2)c(Br)c1N1CCN(C(=O)OC(C)(C)C)CC1. The molecule has 0 bridgehead atoms. The Bertz CT molecular complexity index is 1060.